The smallest absolute Gasteiger partial charge is 0.335 e. The molecule has 1 aromatic rings. The third kappa shape index (κ3) is 4.36. The number of urea groups is 1. The Hall–Kier alpha value is -1.79. The summed E-state index contributed by atoms with van der Waals surface area (Å²) in [5.74, 6) is 1.54. The number of carbonyl (C=O) groups is 1. The largest absolute Gasteiger partial charge is 0.433 e. The molecule has 1 heterocycles. The molecule has 2 N–H and O–H groups in total. The molecule has 0 unspecified atom stereocenters. The lowest BCUT2D eigenvalue weighted by atomic mass is 9.83. The second kappa shape index (κ2) is 6.37. The standard InChI is InChI=1S/C16H20F3N3O/c17-16(18,19)14-7-6-13(9-20-14)22-15(23)21-12-3-1-2-11(8-12)10-4-5-10/h6-7,9-12H,1-5,8H2,(H2,21,22,23)/t11-,12+/m0/s1. The predicted octanol–water partition coefficient (Wildman–Crippen LogP) is 4.19. The van der Waals surface area contributed by atoms with Gasteiger partial charge in [0.15, 0.2) is 0 Å². The van der Waals surface area contributed by atoms with Gasteiger partial charge in [0, 0.05) is 6.04 Å². The molecule has 1 aromatic heterocycles. The molecule has 0 aromatic carbocycles. The predicted molar refractivity (Wildman–Crippen MR) is 79.9 cm³/mol. The van der Waals surface area contributed by atoms with Crippen LogP contribution in [0.1, 0.15) is 44.2 Å². The fraction of sp³-hybridized carbons (Fsp3) is 0.625. The van der Waals surface area contributed by atoms with Gasteiger partial charge in [0.05, 0.1) is 11.9 Å². The van der Waals surface area contributed by atoms with Crippen molar-refractivity contribution in [2.75, 3.05) is 5.32 Å². The minimum absolute atomic E-state index is 0.150. The van der Waals surface area contributed by atoms with Crippen molar-refractivity contribution in [2.45, 2.75) is 50.7 Å². The first-order chi connectivity index (χ1) is 10.9. The highest BCUT2D eigenvalue weighted by Crippen LogP contribution is 2.43. The number of anilines is 1. The molecule has 0 bridgehead atoms. The van der Waals surface area contributed by atoms with Gasteiger partial charge < -0.3 is 10.6 Å². The molecule has 0 radical (unpaired) electrons. The van der Waals surface area contributed by atoms with E-state index in [1.165, 1.54) is 25.3 Å². The zero-order chi connectivity index (χ0) is 16.4. The Balaban J connectivity index is 1.50. The Morgan fingerprint density at radius 3 is 2.52 bits per heavy atom. The number of hydrogen-bond donors (Lipinski definition) is 2. The lowest BCUT2D eigenvalue weighted by Crippen LogP contribution is -2.41. The fourth-order valence-electron chi connectivity index (χ4n) is 3.34. The summed E-state index contributed by atoms with van der Waals surface area (Å²) >= 11 is 0. The first-order valence-electron chi connectivity index (χ1n) is 8.02. The summed E-state index contributed by atoms with van der Waals surface area (Å²) in [6.45, 7) is 0. The van der Waals surface area contributed by atoms with Gasteiger partial charge in [-0.15, -0.1) is 0 Å². The zero-order valence-corrected chi connectivity index (χ0v) is 12.7. The molecule has 2 aliphatic rings. The summed E-state index contributed by atoms with van der Waals surface area (Å²) in [7, 11) is 0. The summed E-state index contributed by atoms with van der Waals surface area (Å²) in [5, 5.41) is 5.47. The summed E-state index contributed by atoms with van der Waals surface area (Å²) in [5.41, 5.74) is -0.715. The third-order valence-electron chi connectivity index (χ3n) is 4.65. The van der Waals surface area contributed by atoms with Crippen molar-refractivity contribution in [1.82, 2.24) is 10.3 Å². The van der Waals surface area contributed by atoms with Crippen LogP contribution in [0.4, 0.5) is 23.7 Å². The van der Waals surface area contributed by atoms with Gasteiger partial charge in [0.25, 0.3) is 0 Å². The number of carbonyl (C=O) groups excluding carboxylic acids is 1. The molecule has 2 fully saturated rings. The van der Waals surface area contributed by atoms with E-state index in [4.69, 9.17) is 0 Å². The normalized spacial score (nSPS) is 25.0. The van der Waals surface area contributed by atoms with Gasteiger partial charge in [0.2, 0.25) is 0 Å². The molecule has 2 saturated carbocycles. The Morgan fingerprint density at radius 1 is 1.13 bits per heavy atom. The molecule has 0 aliphatic heterocycles. The Kier molecular flexibility index (Phi) is 4.46. The van der Waals surface area contributed by atoms with Gasteiger partial charge in [0.1, 0.15) is 5.69 Å². The molecule has 3 rings (SSSR count). The molecule has 4 nitrogen and oxygen atoms in total. The van der Waals surface area contributed by atoms with Crippen molar-refractivity contribution >= 4 is 11.7 Å². The number of nitrogens with one attached hydrogen (secondary N) is 2. The summed E-state index contributed by atoms with van der Waals surface area (Å²) in [4.78, 5) is 15.3. The van der Waals surface area contributed by atoms with E-state index in [2.05, 4.69) is 15.6 Å². The molecular weight excluding hydrogens is 307 g/mol. The third-order valence-corrected chi connectivity index (χ3v) is 4.65. The second-order valence-electron chi connectivity index (χ2n) is 6.49. The maximum atomic E-state index is 12.4. The number of pyridine rings is 1. The van der Waals surface area contributed by atoms with Crippen molar-refractivity contribution in [2.24, 2.45) is 11.8 Å². The highest BCUT2D eigenvalue weighted by Gasteiger charge is 2.35. The van der Waals surface area contributed by atoms with Crippen molar-refractivity contribution in [3.05, 3.63) is 24.0 Å². The van der Waals surface area contributed by atoms with Crippen molar-refractivity contribution in [3.8, 4) is 0 Å². The minimum Gasteiger partial charge on any atom is -0.335 e. The highest BCUT2D eigenvalue weighted by molar-refractivity contribution is 5.89. The molecule has 2 aliphatic carbocycles. The number of amides is 2. The lowest BCUT2D eigenvalue weighted by molar-refractivity contribution is -0.141. The Labute approximate surface area is 132 Å². The average molecular weight is 327 g/mol. The monoisotopic (exact) mass is 327 g/mol. The van der Waals surface area contributed by atoms with E-state index in [0.717, 1.165) is 37.4 Å². The van der Waals surface area contributed by atoms with E-state index in [-0.39, 0.29) is 17.8 Å². The number of nitrogens with zero attached hydrogens (tertiary/aromatic N) is 1. The van der Waals surface area contributed by atoms with Gasteiger partial charge in [-0.2, -0.15) is 13.2 Å². The van der Waals surface area contributed by atoms with E-state index in [0.29, 0.717) is 5.92 Å². The summed E-state index contributed by atoms with van der Waals surface area (Å²) < 4.78 is 37.3. The SMILES string of the molecule is O=C(Nc1ccc(C(F)(F)F)nc1)N[C@@H]1CCC[C@H](C2CC2)C1. The van der Waals surface area contributed by atoms with Crippen LogP contribution in [0.2, 0.25) is 0 Å². The minimum atomic E-state index is -4.47. The number of halogens is 3. The van der Waals surface area contributed by atoms with E-state index < -0.39 is 11.9 Å². The van der Waals surface area contributed by atoms with E-state index >= 15 is 0 Å². The highest BCUT2D eigenvalue weighted by atomic mass is 19.4. The van der Waals surface area contributed by atoms with Crippen LogP contribution in [0.15, 0.2) is 18.3 Å². The van der Waals surface area contributed by atoms with Crippen LogP contribution in [-0.2, 0) is 6.18 Å². The molecule has 2 amide bonds. The number of rotatable bonds is 3. The lowest BCUT2D eigenvalue weighted by Gasteiger charge is -2.29. The average Bonchev–Trinajstić information content (AvgIpc) is 3.31. The van der Waals surface area contributed by atoms with Gasteiger partial charge in [-0.1, -0.05) is 12.8 Å². The van der Waals surface area contributed by atoms with E-state index in [1.54, 1.807) is 0 Å². The van der Waals surface area contributed by atoms with E-state index in [1.807, 2.05) is 0 Å². The zero-order valence-electron chi connectivity index (χ0n) is 12.7. The number of alkyl halides is 3. The van der Waals surface area contributed by atoms with Gasteiger partial charge in [-0.3, -0.25) is 0 Å². The molecule has 126 valence electrons. The first-order valence-corrected chi connectivity index (χ1v) is 8.02. The molecule has 2 atom stereocenters. The van der Waals surface area contributed by atoms with Gasteiger partial charge in [-0.25, -0.2) is 9.78 Å². The number of hydrogen-bond acceptors (Lipinski definition) is 2. The van der Waals surface area contributed by atoms with Crippen LogP contribution >= 0.6 is 0 Å². The topological polar surface area (TPSA) is 54.0 Å². The van der Waals surface area contributed by atoms with Crippen LogP contribution in [0.5, 0.6) is 0 Å². The molecule has 0 saturated heterocycles. The van der Waals surface area contributed by atoms with Crippen LogP contribution in [0.3, 0.4) is 0 Å². The van der Waals surface area contributed by atoms with E-state index in [9.17, 15) is 18.0 Å². The maximum absolute atomic E-state index is 12.4. The summed E-state index contributed by atoms with van der Waals surface area (Å²) in [6, 6.07) is 1.84. The maximum Gasteiger partial charge on any atom is 0.433 e. The van der Waals surface area contributed by atoms with Crippen LogP contribution in [0.25, 0.3) is 0 Å². The second-order valence-corrected chi connectivity index (χ2v) is 6.49. The Bertz CT molecular complexity index is 555. The van der Waals surface area contributed by atoms with Crippen molar-refractivity contribution in [1.29, 1.82) is 0 Å². The first kappa shape index (κ1) is 16.1. The van der Waals surface area contributed by atoms with Crippen molar-refractivity contribution in [3.63, 3.8) is 0 Å². The van der Waals surface area contributed by atoms with Crippen LogP contribution in [0, 0.1) is 11.8 Å². The summed E-state index contributed by atoms with van der Waals surface area (Å²) in [6.07, 6.45) is 3.49. The van der Waals surface area contributed by atoms with Gasteiger partial charge in [-0.05, 0) is 49.7 Å². The molecular formula is C16H20F3N3O. The Morgan fingerprint density at radius 2 is 1.91 bits per heavy atom. The number of aromatic nitrogens is 1. The van der Waals surface area contributed by atoms with Crippen molar-refractivity contribution < 1.29 is 18.0 Å². The fourth-order valence-corrected chi connectivity index (χ4v) is 3.34. The van der Waals surface area contributed by atoms with Crippen LogP contribution in [-0.4, -0.2) is 17.1 Å². The van der Waals surface area contributed by atoms with Gasteiger partial charge >= 0.3 is 12.2 Å². The molecule has 0 spiro atoms. The quantitative estimate of drug-likeness (QED) is 0.874. The molecule has 7 heteroatoms. The molecule has 23 heavy (non-hydrogen) atoms. The van der Waals surface area contributed by atoms with Crippen LogP contribution < -0.4 is 10.6 Å².